The standard InChI is InChI=1S/C19H24N2O3S/c1-12-9-14(3)18(15(4)10-12)19(22)20-16-8-7-13(2)17(11-16)25(23,24)21(5)6/h7-11H,1-6H3,(H,20,22). The Labute approximate surface area is 149 Å². The summed E-state index contributed by atoms with van der Waals surface area (Å²) in [7, 11) is -0.600. The third-order valence-electron chi connectivity index (χ3n) is 4.11. The molecule has 0 saturated heterocycles. The van der Waals surface area contributed by atoms with Crippen molar-refractivity contribution in [2.24, 2.45) is 0 Å². The van der Waals surface area contributed by atoms with E-state index in [0.717, 1.165) is 21.0 Å². The van der Waals surface area contributed by atoms with Crippen LogP contribution in [0, 0.1) is 27.7 Å². The first kappa shape index (κ1) is 19.1. The van der Waals surface area contributed by atoms with Gasteiger partial charge in [0.1, 0.15) is 0 Å². The Morgan fingerprint density at radius 3 is 2.00 bits per heavy atom. The van der Waals surface area contributed by atoms with Gasteiger partial charge in [-0.1, -0.05) is 23.8 Å². The second-order valence-corrected chi connectivity index (χ2v) is 8.62. The van der Waals surface area contributed by atoms with Crippen LogP contribution >= 0.6 is 0 Å². The van der Waals surface area contributed by atoms with Crippen molar-refractivity contribution < 1.29 is 13.2 Å². The van der Waals surface area contributed by atoms with E-state index in [-0.39, 0.29) is 10.8 Å². The molecule has 0 atom stereocenters. The first-order valence-electron chi connectivity index (χ1n) is 7.96. The summed E-state index contributed by atoms with van der Waals surface area (Å²) in [5, 5.41) is 2.82. The van der Waals surface area contributed by atoms with E-state index in [1.54, 1.807) is 19.1 Å². The average Bonchev–Trinajstić information content (AvgIpc) is 2.47. The zero-order valence-electron chi connectivity index (χ0n) is 15.5. The fourth-order valence-corrected chi connectivity index (χ4v) is 4.03. The Kier molecular flexibility index (Phi) is 5.34. The molecular weight excluding hydrogens is 336 g/mol. The van der Waals surface area contributed by atoms with E-state index in [1.165, 1.54) is 20.2 Å². The van der Waals surface area contributed by atoms with Crippen molar-refractivity contribution in [2.45, 2.75) is 32.6 Å². The van der Waals surface area contributed by atoms with Crippen LogP contribution in [-0.4, -0.2) is 32.7 Å². The number of nitrogens with one attached hydrogen (secondary N) is 1. The van der Waals surface area contributed by atoms with Crippen molar-refractivity contribution in [2.75, 3.05) is 19.4 Å². The molecule has 0 bridgehead atoms. The van der Waals surface area contributed by atoms with Crippen molar-refractivity contribution in [3.63, 3.8) is 0 Å². The quantitative estimate of drug-likeness (QED) is 0.908. The number of nitrogens with zero attached hydrogens (tertiary/aromatic N) is 1. The molecule has 2 aromatic rings. The monoisotopic (exact) mass is 360 g/mol. The Morgan fingerprint density at radius 1 is 0.920 bits per heavy atom. The Morgan fingerprint density at radius 2 is 1.48 bits per heavy atom. The molecule has 0 unspecified atom stereocenters. The van der Waals surface area contributed by atoms with E-state index in [4.69, 9.17) is 0 Å². The van der Waals surface area contributed by atoms with Crippen LogP contribution in [0.15, 0.2) is 35.2 Å². The number of carbonyl (C=O) groups excluding carboxylic acids is 1. The molecule has 1 N–H and O–H groups in total. The van der Waals surface area contributed by atoms with Crippen LogP contribution in [0.2, 0.25) is 0 Å². The predicted octanol–water partition coefficient (Wildman–Crippen LogP) is 3.42. The molecule has 0 aliphatic rings. The van der Waals surface area contributed by atoms with Crippen LogP contribution in [0.4, 0.5) is 5.69 Å². The van der Waals surface area contributed by atoms with E-state index in [2.05, 4.69) is 5.32 Å². The molecule has 2 aromatic carbocycles. The highest BCUT2D eigenvalue weighted by Crippen LogP contribution is 2.24. The van der Waals surface area contributed by atoms with E-state index in [0.29, 0.717) is 16.8 Å². The second kappa shape index (κ2) is 6.98. The molecule has 0 radical (unpaired) electrons. The summed E-state index contributed by atoms with van der Waals surface area (Å²) >= 11 is 0. The highest BCUT2D eigenvalue weighted by atomic mass is 32.2. The summed E-state index contributed by atoms with van der Waals surface area (Å²) in [4.78, 5) is 12.9. The highest BCUT2D eigenvalue weighted by molar-refractivity contribution is 7.89. The van der Waals surface area contributed by atoms with Crippen LogP contribution in [0.1, 0.15) is 32.6 Å². The highest BCUT2D eigenvalue weighted by Gasteiger charge is 2.21. The Balaban J connectivity index is 2.41. The molecule has 134 valence electrons. The molecule has 6 heteroatoms. The third kappa shape index (κ3) is 3.91. The van der Waals surface area contributed by atoms with Crippen molar-refractivity contribution in [1.29, 1.82) is 0 Å². The molecule has 0 heterocycles. The molecular formula is C19H24N2O3S. The number of aryl methyl sites for hydroxylation is 4. The number of anilines is 1. The Hall–Kier alpha value is -2.18. The van der Waals surface area contributed by atoms with Crippen molar-refractivity contribution in [3.8, 4) is 0 Å². The summed E-state index contributed by atoms with van der Waals surface area (Å²) < 4.78 is 26.0. The summed E-state index contributed by atoms with van der Waals surface area (Å²) in [6.07, 6.45) is 0. The van der Waals surface area contributed by atoms with Crippen molar-refractivity contribution >= 4 is 21.6 Å². The van der Waals surface area contributed by atoms with E-state index < -0.39 is 10.0 Å². The van der Waals surface area contributed by atoms with Crippen LogP contribution in [0.5, 0.6) is 0 Å². The van der Waals surface area contributed by atoms with Gasteiger partial charge in [-0.25, -0.2) is 12.7 Å². The molecule has 2 rings (SSSR count). The lowest BCUT2D eigenvalue weighted by Gasteiger charge is -2.16. The summed E-state index contributed by atoms with van der Waals surface area (Å²) in [5.74, 6) is -0.243. The summed E-state index contributed by atoms with van der Waals surface area (Å²) in [5.41, 5.74) is 4.58. The van der Waals surface area contributed by atoms with Gasteiger partial charge in [-0.05, 0) is 56.5 Å². The van der Waals surface area contributed by atoms with Crippen LogP contribution < -0.4 is 5.32 Å². The number of carbonyl (C=O) groups is 1. The van der Waals surface area contributed by atoms with Gasteiger partial charge in [0, 0.05) is 25.3 Å². The number of benzene rings is 2. The van der Waals surface area contributed by atoms with Gasteiger partial charge in [0.2, 0.25) is 10.0 Å². The number of hydrogen-bond donors (Lipinski definition) is 1. The number of amides is 1. The van der Waals surface area contributed by atoms with Gasteiger partial charge in [-0.3, -0.25) is 4.79 Å². The maximum Gasteiger partial charge on any atom is 0.256 e. The van der Waals surface area contributed by atoms with Gasteiger partial charge in [0.15, 0.2) is 0 Å². The maximum absolute atomic E-state index is 12.7. The lowest BCUT2D eigenvalue weighted by Crippen LogP contribution is -2.23. The molecule has 0 fully saturated rings. The zero-order valence-corrected chi connectivity index (χ0v) is 16.3. The lowest BCUT2D eigenvalue weighted by molar-refractivity contribution is 0.102. The predicted molar refractivity (Wildman–Crippen MR) is 101 cm³/mol. The van der Waals surface area contributed by atoms with Crippen LogP contribution in [-0.2, 0) is 10.0 Å². The first-order valence-corrected chi connectivity index (χ1v) is 9.40. The summed E-state index contributed by atoms with van der Waals surface area (Å²) in [6, 6.07) is 8.82. The van der Waals surface area contributed by atoms with Gasteiger partial charge >= 0.3 is 0 Å². The van der Waals surface area contributed by atoms with Crippen LogP contribution in [0.25, 0.3) is 0 Å². The average molecular weight is 360 g/mol. The maximum atomic E-state index is 12.7. The van der Waals surface area contributed by atoms with E-state index >= 15 is 0 Å². The van der Waals surface area contributed by atoms with Crippen molar-refractivity contribution in [1.82, 2.24) is 4.31 Å². The minimum absolute atomic E-state index is 0.188. The molecule has 25 heavy (non-hydrogen) atoms. The summed E-state index contributed by atoms with van der Waals surface area (Å²) in [6.45, 7) is 7.51. The van der Waals surface area contributed by atoms with E-state index in [1.807, 2.05) is 32.9 Å². The lowest BCUT2D eigenvalue weighted by atomic mass is 9.99. The molecule has 0 saturated carbocycles. The molecule has 0 aromatic heterocycles. The molecule has 0 spiro atoms. The topological polar surface area (TPSA) is 66.5 Å². The zero-order chi connectivity index (χ0) is 18.9. The fourth-order valence-electron chi connectivity index (χ4n) is 2.88. The van der Waals surface area contributed by atoms with Gasteiger partial charge in [0.05, 0.1) is 4.90 Å². The first-order chi connectivity index (χ1) is 11.5. The second-order valence-electron chi connectivity index (χ2n) is 6.50. The number of rotatable bonds is 4. The minimum Gasteiger partial charge on any atom is -0.322 e. The van der Waals surface area contributed by atoms with Gasteiger partial charge < -0.3 is 5.32 Å². The molecule has 1 amide bonds. The Bertz CT molecular complexity index is 909. The fraction of sp³-hybridized carbons (Fsp3) is 0.316. The SMILES string of the molecule is Cc1cc(C)c(C(=O)Nc2ccc(C)c(S(=O)(=O)N(C)C)c2)c(C)c1. The van der Waals surface area contributed by atoms with E-state index in [9.17, 15) is 13.2 Å². The molecule has 0 aliphatic heterocycles. The smallest absolute Gasteiger partial charge is 0.256 e. The van der Waals surface area contributed by atoms with Gasteiger partial charge in [0.25, 0.3) is 5.91 Å². The minimum atomic E-state index is -3.57. The third-order valence-corrected chi connectivity index (χ3v) is 6.07. The largest absolute Gasteiger partial charge is 0.322 e. The van der Waals surface area contributed by atoms with Crippen LogP contribution in [0.3, 0.4) is 0 Å². The molecule has 0 aliphatic carbocycles. The number of sulfonamides is 1. The molecule has 5 nitrogen and oxygen atoms in total. The van der Waals surface area contributed by atoms with Gasteiger partial charge in [-0.15, -0.1) is 0 Å². The van der Waals surface area contributed by atoms with Gasteiger partial charge in [-0.2, -0.15) is 0 Å². The van der Waals surface area contributed by atoms with Crippen molar-refractivity contribution in [3.05, 3.63) is 58.1 Å². The normalized spacial score (nSPS) is 11.6. The number of hydrogen-bond acceptors (Lipinski definition) is 3.